The van der Waals surface area contributed by atoms with Gasteiger partial charge < -0.3 is 48.4 Å². The van der Waals surface area contributed by atoms with Gasteiger partial charge in [0.15, 0.2) is 11.6 Å². The highest BCUT2D eigenvalue weighted by Gasteiger charge is 2.32. The van der Waals surface area contributed by atoms with Gasteiger partial charge in [-0.3, -0.25) is 9.59 Å². The molecule has 6 rings (SSSR count). The molecule has 0 spiro atoms. The molecule has 3 aliphatic rings. The molecule has 0 unspecified atom stereocenters. The minimum atomic E-state index is -0.992. The van der Waals surface area contributed by atoms with Crippen LogP contribution < -0.4 is 30.6 Å². The molecule has 258 valence electrons. The molecule has 14 nitrogen and oxygen atoms in total. The lowest BCUT2D eigenvalue weighted by molar-refractivity contribution is -0.191. The number of ether oxygens (including phenoxy) is 3. The van der Waals surface area contributed by atoms with E-state index in [0.29, 0.717) is 54.4 Å². The maximum atomic E-state index is 11.4. The van der Waals surface area contributed by atoms with Gasteiger partial charge in [0.05, 0.1) is 33.5 Å². The van der Waals surface area contributed by atoms with Crippen molar-refractivity contribution in [2.24, 2.45) is 0 Å². The second-order valence-corrected chi connectivity index (χ2v) is 10.6. The molecule has 0 aromatic heterocycles. The number of carbonyl (C=O) groups is 2. The highest BCUT2D eigenvalue weighted by atomic mass is 16.5. The minimum Gasteiger partial charge on any atom is -0.497 e. The topological polar surface area (TPSA) is 205 Å². The van der Waals surface area contributed by atoms with Crippen molar-refractivity contribution in [1.29, 1.82) is 0 Å². The van der Waals surface area contributed by atoms with Gasteiger partial charge in [0.25, 0.3) is 0 Å². The fourth-order valence-corrected chi connectivity index (χ4v) is 5.04. The van der Waals surface area contributed by atoms with E-state index in [2.05, 4.69) is 0 Å². The number of aliphatic hydroxyl groups is 1. The Kier molecular flexibility index (Phi) is 16.2. The van der Waals surface area contributed by atoms with Gasteiger partial charge in [-0.25, -0.2) is 0 Å². The van der Waals surface area contributed by atoms with Crippen LogP contribution in [0.5, 0.6) is 17.2 Å². The van der Waals surface area contributed by atoms with E-state index in [1.807, 2.05) is 43.3 Å². The van der Waals surface area contributed by atoms with E-state index in [1.54, 1.807) is 25.3 Å². The molecule has 0 bridgehead atoms. The van der Waals surface area contributed by atoms with Gasteiger partial charge in [-0.05, 0) is 41.3 Å². The van der Waals surface area contributed by atoms with Crippen LogP contribution in [0.25, 0.3) is 0 Å². The van der Waals surface area contributed by atoms with E-state index in [1.165, 1.54) is 0 Å². The lowest BCUT2D eigenvalue weighted by atomic mass is 9.79. The Balaban J connectivity index is 0.000000194. The van der Waals surface area contributed by atoms with Crippen molar-refractivity contribution in [3.63, 3.8) is 0 Å². The Bertz CT molecular complexity index is 1500. The van der Waals surface area contributed by atoms with Crippen LogP contribution >= 0.6 is 0 Å². The number of hydrogen-bond donors (Lipinski definition) is 4. The Morgan fingerprint density at radius 2 is 1.06 bits per heavy atom. The first-order chi connectivity index (χ1) is 23.7. The third-order valence-electron chi connectivity index (χ3n) is 7.32. The lowest BCUT2D eigenvalue weighted by Crippen LogP contribution is -2.30. The van der Waals surface area contributed by atoms with E-state index in [-0.39, 0.29) is 44.0 Å². The monoisotopic (exact) mass is 678 g/mol. The minimum absolute atomic E-state index is 0.0526. The number of Topliss-reactive ketones (excluding diaryl/α,β-unsaturated/α-hetero) is 2. The number of rotatable bonds is 11. The second kappa shape index (κ2) is 20.3. The van der Waals surface area contributed by atoms with Crippen molar-refractivity contribution in [2.75, 3.05) is 26.9 Å². The lowest BCUT2D eigenvalue weighted by Gasteiger charge is -2.09. The number of methoxy groups -OCH3 is 1. The van der Waals surface area contributed by atoms with Crippen LogP contribution in [-0.2, 0) is 53.0 Å². The van der Waals surface area contributed by atoms with Gasteiger partial charge >= 0.3 is 27.5 Å². The first-order valence-corrected chi connectivity index (χ1v) is 15.4. The fraction of sp³-hybridized carbons (Fsp3) is 0.344. The standard InChI is InChI=1S/C12H15BO4.C11H13BO5.C8H9BO3.CO2/c1-2-4-10(14)8-16-11-6-3-5-9-7-17-13(15)12(9)11;13-5-4-9(14)7-16-10-3-1-2-8-6-17-12(15)11(8)10;1-11-7-4-2-3-6-5-12-9(10)8(6)7;2-1-3/h3,5-6,15H,2,4,7-8H2,1H3;1-3,13,15H,4-7H2;2-4,10H,5H2,1H3;. The average Bonchev–Trinajstić information content (AvgIpc) is 3.81. The van der Waals surface area contributed by atoms with E-state index in [4.69, 9.17) is 42.9 Å². The van der Waals surface area contributed by atoms with Crippen molar-refractivity contribution in [2.45, 2.75) is 46.0 Å². The predicted molar refractivity (Wildman–Crippen MR) is 176 cm³/mol. The summed E-state index contributed by atoms with van der Waals surface area (Å²) in [6.45, 7) is 2.92. The molecule has 17 heteroatoms. The Hall–Kier alpha value is -4.31. The molecule has 0 radical (unpaired) electrons. The Labute approximate surface area is 284 Å². The molecular formula is C32H37B3O14. The van der Waals surface area contributed by atoms with Crippen molar-refractivity contribution < 1.29 is 67.5 Å². The number of ketones is 2. The fourth-order valence-electron chi connectivity index (χ4n) is 5.04. The van der Waals surface area contributed by atoms with Crippen LogP contribution in [0.2, 0.25) is 0 Å². The summed E-state index contributed by atoms with van der Waals surface area (Å²) in [4.78, 5) is 38.8. The first-order valence-electron chi connectivity index (χ1n) is 15.4. The van der Waals surface area contributed by atoms with Crippen LogP contribution in [0.4, 0.5) is 0 Å². The van der Waals surface area contributed by atoms with Crippen LogP contribution in [0.3, 0.4) is 0 Å². The van der Waals surface area contributed by atoms with Gasteiger partial charge in [-0.15, -0.1) is 0 Å². The van der Waals surface area contributed by atoms with Crippen LogP contribution in [0, 0.1) is 0 Å². The van der Waals surface area contributed by atoms with Crippen molar-refractivity contribution in [3.05, 3.63) is 71.3 Å². The van der Waals surface area contributed by atoms with Gasteiger partial charge in [0.1, 0.15) is 30.5 Å². The largest absolute Gasteiger partial charge is 0.497 e. The summed E-state index contributed by atoms with van der Waals surface area (Å²) in [6.07, 6.45) is 1.67. The number of hydrogen-bond acceptors (Lipinski definition) is 14. The zero-order valence-electron chi connectivity index (χ0n) is 27.2. The normalized spacial score (nSPS) is 13.2. The van der Waals surface area contributed by atoms with Gasteiger partial charge in [0.2, 0.25) is 0 Å². The van der Waals surface area contributed by atoms with Gasteiger partial charge in [-0.2, -0.15) is 9.59 Å². The molecule has 49 heavy (non-hydrogen) atoms. The van der Waals surface area contributed by atoms with E-state index >= 15 is 0 Å². The summed E-state index contributed by atoms with van der Waals surface area (Å²) >= 11 is 0. The van der Waals surface area contributed by atoms with Crippen molar-refractivity contribution in [3.8, 4) is 17.2 Å². The van der Waals surface area contributed by atoms with Gasteiger partial charge in [0, 0.05) is 29.2 Å². The van der Waals surface area contributed by atoms with Gasteiger partial charge in [-0.1, -0.05) is 43.3 Å². The summed E-state index contributed by atoms with van der Waals surface area (Å²) in [6, 6.07) is 16.4. The summed E-state index contributed by atoms with van der Waals surface area (Å²) in [5.41, 5.74) is 4.78. The summed E-state index contributed by atoms with van der Waals surface area (Å²) in [5, 5.41) is 37.2. The summed E-state index contributed by atoms with van der Waals surface area (Å²) in [5.74, 6) is 1.57. The average molecular weight is 678 g/mol. The SMILES string of the molecule is CCCC(=O)COc1cccc2c1B(O)OC2.COc1cccc2c1B(O)OC2.O=C(CCO)COc1cccc2c1B(O)OC2.O=C=O. The van der Waals surface area contributed by atoms with E-state index in [9.17, 15) is 24.7 Å². The maximum Gasteiger partial charge on any atom is 0.495 e. The smallest absolute Gasteiger partial charge is 0.495 e. The molecule has 3 aliphatic heterocycles. The molecule has 0 saturated heterocycles. The van der Waals surface area contributed by atoms with Crippen LogP contribution in [0.15, 0.2) is 54.6 Å². The molecule has 3 aromatic rings. The summed E-state index contributed by atoms with van der Waals surface area (Å²) in [7, 11) is -1.17. The molecule has 0 amide bonds. The molecule has 0 atom stereocenters. The molecule has 0 fully saturated rings. The number of carbonyl (C=O) groups excluding carboxylic acids is 4. The predicted octanol–water partition coefficient (Wildman–Crippen LogP) is -0.784. The van der Waals surface area contributed by atoms with E-state index < -0.39 is 21.4 Å². The quantitative estimate of drug-likeness (QED) is 0.184. The van der Waals surface area contributed by atoms with Crippen LogP contribution in [-0.4, -0.2) is 86.2 Å². The molecule has 0 saturated carbocycles. The Morgan fingerprint density at radius 1 is 0.694 bits per heavy atom. The number of fused-ring (bicyclic) bond motifs is 3. The van der Waals surface area contributed by atoms with Crippen molar-refractivity contribution in [1.82, 2.24) is 0 Å². The number of benzene rings is 3. The summed E-state index contributed by atoms with van der Waals surface area (Å²) < 4.78 is 31.1. The third-order valence-corrected chi connectivity index (χ3v) is 7.32. The van der Waals surface area contributed by atoms with E-state index in [0.717, 1.165) is 28.6 Å². The molecular weight excluding hydrogens is 641 g/mol. The van der Waals surface area contributed by atoms with Crippen molar-refractivity contribution >= 4 is 55.5 Å². The molecule has 3 aromatic carbocycles. The first kappa shape index (κ1) is 39.1. The third kappa shape index (κ3) is 11.1. The highest BCUT2D eigenvalue weighted by Crippen LogP contribution is 2.20. The molecule has 4 N–H and O–H groups in total. The highest BCUT2D eigenvalue weighted by molar-refractivity contribution is 6.63. The number of aliphatic hydroxyl groups excluding tert-OH is 1. The molecule has 0 aliphatic carbocycles. The van der Waals surface area contributed by atoms with Crippen LogP contribution in [0.1, 0.15) is 42.9 Å². The Morgan fingerprint density at radius 3 is 1.43 bits per heavy atom. The zero-order chi connectivity index (χ0) is 35.8. The maximum absolute atomic E-state index is 11.4. The second-order valence-electron chi connectivity index (χ2n) is 10.6. The molecule has 3 heterocycles. The zero-order valence-corrected chi connectivity index (χ0v) is 27.2.